The van der Waals surface area contributed by atoms with Crippen LogP contribution in [-0.2, 0) is 5.41 Å². The number of rotatable bonds is 9. The first kappa shape index (κ1) is 38.2. The van der Waals surface area contributed by atoms with Crippen LogP contribution in [0.15, 0.2) is 267 Å². The lowest BCUT2D eigenvalue weighted by molar-refractivity contribution is 0.768. The Morgan fingerprint density at radius 2 is 0.754 bits per heavy atom. The van der Waals surface area contributed by atoms with Gasteiger partial charge in [-0.2, -0.15) is 0 Å². The zero-order valence-corrected chi connectivity index (χ0v) is 35.8. The van der Waals surface area contributed by atoms with Gasteiger partial charge in [0.05, 0.1) is 10.9 Å². The van der Waals surface area contributed by atoms with E-state index in [0.717, 1.165) is 22.7 Å². The highest BCUT2D eigenvalue weighted by Crippen LogP contribution is 2.57. The summed E-state index contributed by atoms with van der Waals surface area (Å²) in [5.74, 6) is 0. The summed E-state index contributed by atoms with van der Waals surface area (Å²) in [6.07, 6.45) is 2.17. The van der Waals surface area contributed by atoms with E-state index in [9.17, 15) is 0 Å². The van der Waals surface area contributed by atoms with Crippen molar-refractivity contribution in [2.45, 2.75) is 5.41 Å². The number of aromatic nitrogens is 1. The maximum atomic E-state index is 2.44. The third-order valence-corrected chi connectivity index (χ3v) is 13.3. The van der Waals surface area contributed by atoms with Crippen LogP contribution in [0, 0.1) is 0 Å². The molecule has 0 saturated heterocycles. The monoisotopic (exact) mass is 828 g/mol. The molecule has 65 heavy (non-hydrogen) atoms. The Kier molecular flexibility index (Phi) is 9.43. The van der Waals surface area contributed by atoms with Gasteiger partial charge in [-0.1, -0.05) is 194 Å². The Morgan fingerprint density at radius 1 is 0.308 bits per heavy atom. The molecule has 1 heterocycles. The Morgan fingerprint density at radius 3 is 1.34 bits per heavy atom. The topological polar surface area (TPSA) is 8.17 Å². The molecule has 2 heteroatoms. The number of fused-ring (bicyclic) bond motifs is 4. The fourth-order valence-corrected chi connectivity index (χ4v) is 10.2. The first-order chi connectivity index (χ1) is 32.2. The Bertz CT molecular complexity index is 3390. The van der Waals surface area contributed by atoms with E-state index < -0.39 is 5.41 Å². The molecule has 2 nitrogen and oxygen atoms in total. The summed E-state index contributed by atoms with van der Waals surface area (Å²) in [5.41, 5.74) is 20.0. The van der Waals surface area contributed by atoms with Gasteiger partial charge in [0.15, 0.2) is 0 Å². The molecule has 10 aromatic carbocycles. The van der Waals surface area contributed by atoms with Gasteiger partial charge in [0.2, 0.25) is 0 Å². The molecule has 1 aromatic heterocycles. The van der Waals surface area contributed by atoms with Crippen molar-refractivity contribution in [1.82, 2.24) is 4.57 Å². The smallest absolute Gasteiger partial charge is 0.0714 e. The lowest BCUT2D eigenvalue weighted by Crippen LogP contribution is -2.28. The van der Waals surface area contributed by atoms with Crippen LogP contribution in [0.5, 0.6) is 0 Å². The van der Waals surface area contributed by atoms with Gasteiger partial charge >= 0.3 is 0 Å². The molecule has 306 valence electrons. The highest BCUT2D eigenvalue weighted by atomic mass is 15.1. The van der Waals surface area contributed by atoms with Crippen LogP contribution in [0.25, 0.3) is 61.1 Å². The molecule has 1 aliphatic rings. The predicted octanol–water partition coefficient (Wildman–Crippen LogP) is 16.5. The van der Waals surface area contributed by atoms with Crippen LogP contribution in [0.1, 0.15) is 22.3 Å². The van der Waals surface area contributed by atoms with Crippen molar-refractivity contribution in [2.75, 3.05) is 4.90 Å². The van der Waals surface area contributed by atoms with Crippen LogP contribution in [0.2, 0.25) is 0 Å². The molecule has 0 unspecified atom stereocenters. The fraction of sp³-hybridized carbons (Fsp3) is 0.0159. The van der Waals surface area contributed by atoms with E-state index in [0.29, 0.717) is 0 Å². The minimum atomic E-state index is -0.499. The molecular formula is C63H44N2. The van der Waals surface area contributed by atoms with Gasteiger partial charge in [-0.25, -0.2) is 0 Å². The van der Waals surface area contributed by atoms with E-state index in [2.05, 4.69) is 277 Å². The van der Waals surface area contributed by atoms with Crippen molar-refractivity contribution in [3.63, 3.8) is 0 Å². The Labute approximate surface area is 380 Å². The average Bonchev–Trinajstić information content (AvgIpc) is 3.95. The maximum Gasteiger partial charge on any atom is 0.0714 e. The molecule has 12 rings (SSSR count). The van der Waals surface area contributed by atoms with Gasteiger partial charge in [-0.15, -0.1) is 0 Å². The second kappa shape index (κ2) is 16.0. The van der Waals surface area contributed by atoms with E-state index in [1.807, 2.05) is 0 Å². The molecular weight excluding hydrogens is 785 g/mol. The van der Waals surface area contributed by atoms with Gasteiger partial charge in [0.25, 0.3) is 0 Å². The fourth-order valence-electron chi connectivity index (χ4n) is 10.2. The third kappa shape index (κ3) is 6.58. The SMILES string of the molecule is c1ccc(-c2ccc(N(c3ccc(-c4ccc(-n5ccc6cc(-c7ccccc7)ccc65)cc4)cc3)c3ccc4c(c3)C(c3ccccc3)(c3ccccc3)c3ccccc3-4)cc2)cc1. The lowest BCUT2D eigenvalue weighted by atomic mass is 9.67. The van der Waals surface area contributed by atoms with Gasteiger partial charge in [-0.05, 0) is 133 Å². The number of nitrogens with zero attached hydrogens (tertiary/aromatic N) is 2. The molecule has 1 aliphatic carbocycles. The summed E-state index contributed by atoms with van der Waals surface area (Å²) in [4.78, 5) is 2.41. The number of benzene rings is 10. The standard InChI is InChI=1S/C63H44N2/c1-5-15-45(16-6-1)47-27-34-55(35-28-47)65(57-38-39-59-58-23-13-14-24-60(58)63(61(59)44-57,52-19-9-3-10-20-52)53-21-11-4-12-22-53)56-36-29-49(30-37-56)48-25-32-54(33-26-48)64-42-41-51-43-50(31-40-62(51)64)46-17-7-2-8-18-46/h1-44H. The van der Waals surface area contributed by atoms with Crippen LogP contribution >= 0.6 is 0 Å². The van der Waals surface area contributed by atoms with Gasteiger partial charge in [0, 0.05) is 34.3 Å². The second-order valence-corrected chi connectivity index (χ2v) is 16.9. The van der Waals surface area contributed by atoms with E-state index in [1.54, 1.807) is 0 Å². The summed E-state index contributed by atoms with van der Waals surface area (Å²) in [5, 5.41) is 1.23. The highest BCUT2D eigenvalue weighted by molar-refractivity contribution is 5.90. The molecule has 0 radical (unpaired) electrons. The van der Waals surface area contributed by atoms with E-state index in [1.165, 1.54) is 77.7 Å². The molecule has 0 fully saturated rings. The van der Waals surface area contributed by atoms with E-state index in [4.69, 9.17) is 0 Å². The first-order valence-corrected chi connectivity index (χ1v) is 22.4. The Hall–Kier alpha value is -8.46. The largest absolute Gasteiger partial charge is 0.317 e. The Balaban J connectivity index is 0.938. The van der Waals surface area contributed by atoms with Crippen molar-refractivity contribution in [3.8, 4) is 50.2 Å². The minimum Gasteiger partial charge on any atom is -0.317 e. The van der Waals surface area contributed by atoms with E-state index in [-0.39, 0.29) is 0 Å². The zero-order valence-electron chi connectivity index (χ0n) is 35.8. The highest BCUT2D eigenvalue weighted by Gasteiger charge is 2.46. The molecule has 0 amide bonds. The third-order valence-electron chi connectivity index (χ3n) is 13.3. The summed E-state index contributed by atoms with van der Waals surface area (Å²) in [6.45, 7) is 0. The quantitative estimate of drug-likeness (QED) is 0.141. The first-order valence-electron chi connectivity index (χ1n) is 22.4. The predicted molar refractivity (Wildman–Crippen MR) is 272 cm³/mol. The second-order valence-electron chi connectivity index (χ2n) is 16.9. The van der Waals surface area contributed by atoms with Crippen molar-refractivity contribution in [2.24, 2.45) is 0 Å². The van der Waals surface area contributed by atoms with Crippen molar-refractivity contribution in [1.29, 1.82) is 0 Å². The number of hydrogen-bond donors (Lipinski definition) is 0. The molecule has 0 N–H and O–H groups in total. The van der Waals surface area contributed by atoms with Crippen LogP contribution in [0.3, 0.4) is 0 Å². The van der Waals surface area contributed by atoms with Crippen LogP contribution in [0.4, 0.5) is 17.1 Å². The van der Waals surface area contributed by atoms with Gasteiger partial charge in [-0.3, -0.25) is 0 Å². The molecule has 0 spiro atoms. The number of anilines is 3. The summed E-state index contributed by atoms with van der Waals surface area (Å²) in [7, 11) is 0. The zero-order chi connectivity index (χ0) is 43.2. The molecule has 0 atom stereocenters. The summed E-state index contributed by atoms with van der Waals surface area (Å²) in [6, 6.07) is 95.2. The van der Waals surface area contributed by atoms with Crippen molar-refractivity contribution < 1.29 is 0 Å². The molecule has 11 aromatic rings. The summed E-state index contributed by atoms with van der Waals surface area (Å²) >= 11 is 0. The summed E-state index contributed by atoms with van der Waals surface area (Å²) < 4.78 is 2.28. The maximum absolute atomic E-state index is 2.44. The van der Waals surface area contributed by atoms with Crippen molar-refractivity contribution in [3.05, 3.63) is 289 Å². The normalized spacial score (nSPS) is 12.4. The number of hydrogen-bond acceptors (Lipinski definition) is 1. The van der Waals surface area contributed by atoms with Gasteiger partial charge < -0.3 is 9.47 Å². The average molecular weight is 829 g/mol. The van der Waals surface area contributed by atoms with E-state index >= 15 is 0 Å². The van der Waals surface area contributed by atoms with Crippen molar-refractivity contribution >= 4 is 28.0 Å². The van der Waals surface area contributed by atoms with Crippen LogP contribution < -0.4 is 4.90 Å². The van der Waals surface area contributed by atoms with Gasteiger partial charge in [0.1, 0.15) is 0 Å². The molecule has 0 saturated carbocycles. The lowest BCUT2D eigenvalue weighted by Gasteiger charge is -2.35. The molecule has 0 bridgehead atoms. The van der Waals surface area contributed by atoms with Crippen LogP contribution in [-0.4, -0.2) is 4.57 Å². The minimum absolute atomic E-state index is 0.499. The molecule has 0 aliphatic heterocycles.